The van der Waals surface area contributed by atoms with Crippen molar-refractivity contribution in [1.29, 1.82) is 0 Å². The van der Waals surface area contributed by atoms with Crippen LogP contribution in [0, 0.1) is 0 Å². The highest BCUT2D eigenvalue weighted by atomic mass is 31.1. The average molecular weight is 166 g/mol. The van der Waals surface area contributed by atoms with Gasteiger partial charge in [-0.05, 0) is 6.92 Å². The zero-order valence-electron chi connectivity index (χ0n) is 5.31. The smallest absolute Gasteiger partial charge is 0.364 e. The number of carbonyl (C=O) groups is 1. The Morgan fingerprint density at radius 3 is 2.80 bits per heavy atom. The molecular formula is C4H7O5P. The van der Waals surface area contributed by atoms with Crippen LogP contribution in [0.5, 0.6) is 0 Å². The summed E-state index contributed by atoms with van der Waals surface area (Å²) in [4.78, 5) is 10.4. The summed E-state index contributed by atoms with van der Waals surface area (Å²) >= 11 is 0. The molecule has 10 heavy (non-hydrogen) atoms. The van der Waals surface area contributed by atoms with E-state index in [1.807, 2.05) is 0 Å². The number of rotatable bonds is 4. The third-order valence-electron chi connectivity index (χ3n) is 0.631. The molecule has 0 aliphatic carbocycles. The van der Waals surface area contributed by atoms with Gasteiger partial charge in [0.15, 0.2) is 0 Å². The highest BCUT2D eigenvalue weighted by molar-refractivity contribution is 7.17. The third kappa shape index (κ3) is 3.50. The van der Waals surface area contributed by atoms with Crippen LogP contribution < -0.4 is 0 Å². The minimum Gasteiger partial charge on any atom is -0.462 e. The van der Waals surface area contributed by atoms with Crippen LogP contribution in [0.2, 0.25) is 0 Å². The van der Waals surface area contributed by atoms with Crippen LogP contribution in [0.4, 0.5) is 0 Å². The number of ether oxygens (including phenoxy) is 1. The van der Waals surface area contributed by atoms with Crippen molar-refractivity contribution in [1.82, 2.24) is 0 Å². The summed E-state index contributed by atoms with van der Waals surface area (Å²) in [5.41, 5.74) is 0. The molecule has 0 radical (unpaired) electrons. The molecule has 0 amide bonds. The van der Waals surface area contributed by atoms with E-state index in [-0.39, 0.29) is 6.61 Å². The van der Waals surface area contributed by atoms with Crippen molar-refractivity contribution in [2.75, 3.05) is 6.61 Å². The summed E-state index contributed by atoms with van der Waals surface area (Å²) < 4.78 is 17.9. The Bertz CT molecular complexity index is 125. The Labute approximate surface area is 59.2 Å². The first-order chi connectivity index (χ1) is 4.72. The molecule has 58 valence electrons. The maximum Gasteiger partial charge on any atom is 0.364 e. The molecule has 0 rings (SSSR count). The maximum absolute atomic E-state index is 10.4. The second-order valence-corrected chi connectivity index (χ2v) is 1.64. The van der Waals surface area contributed by atoms with Gasteiger partial charge in [0.05, 0.1) is 6.61 Å². The van der Waals surface area contributed by atoms with Crippen LogP contribution in [0.3, 0.4) is 0 Å². The lowest BCUT2D eigenvalue weighted by atomic mass is 10.6. The van der Waals surface area contributed by atoms with Gasteiger partial charge in [0.25, 0.3) is 6.29 Å². The number of hydrogen-bond donors (Lipinski definition) is 1. The summed E-state index contributed by atoms with van der Waals surface area (Å²) in [6.07, 6.45) is -1.75. The number of aliphatic hydroxyl groups excluding tert-OH is 1. The molecule has 0 aromatic heterocycles. The van der Waals surface area contributed by atoms with E-state index in [4.69, 9.17) is 5.11 Å². The van der Waals surface area contributed by atoms with Crippen LogP contribution in [0.25, 0.3) is 0 Å². The van der Waals surface area contributed by atoms with Crippen LogP contribution in [-0.4, -0.2) is 24.0 Å². The molecule has 0 aliphatic rings. The van der Waals surface area contributed by atoms with Gasteiger partial charge in [0.1, 0.15) is 0 Å². The van der Waals surface area contributed by atoms with Crippen molar-refractivity contribution >= 4 is 14.7 Å². The Kier molecular flexibility index (Phi) is 5.02. The maximum atomic E-state index is 10.4. The molecule has 0 bridgehead atoms. The van der Waals surface area contributed by atoms with Crippen molar-refractivity contribution in [2.24, 2.45) is 0 Å². The largest absolute Gasteiger partial charge is 0.462 e. The quantitative estimate of drug-likeness (QED) is 0.364. The van der Waals surface area contributed by atoms with Crippen molar-refractivity contribution in [3.8, 4) is 0 Å². The zero-order valence-corrected chi connectivity index (χ0v) is 6.21. The molecule has 0 fully saturated rings. The number of hydrogen-bond acceptors (Lipinski definition) is 5. The van der Waals surface area contributed by atoms with Gasteiger partial charge in [-0.25, -0.2) is 9.36 Å². The molecule has 6 heteroatoms. The van der Waals surface area contributed by atoms with E-state index in [1.165, 1.54) is 0 Å². The number of aliphatic hydroxyl groups is 1. The summed E-state index contributed by atoms with van der Waals surface area (Å²) in [5.74, 6) is -0.939. The summed E-state index contributed by atoms with van der Waals surface area (Å²) in [5, 5.41) is 8.55. The van der Waals surface area contributed by atoms with E-state index < -0.39 is 20.9 Å². The SMILES string of the molecule is CCOC(=O)C(O)OP=O. The van der Waals surface area contributed by atoms with Crippen molar-refractivity contribution in [2.45, 2.75) is 13.2 Å². The van der Waals surface area contributed by atoms with E-state index in [0.717, 1.165) is 0 Å². The fraction of sp³-hybridized carbons (Fsp3) is 0.750. The van der Waals surface area contributed by atoms with Crippen LogP contribution in [-0.2, 0) is 18.6 Å². The topological polar surface area (TPSA) is 72.8 Å². The molecule has 1 N–H and O–H groups in total. The molecule has 5 nitrogen and oxygen atoms in total. The molecule has 1 unspecified atom stereocenters. The summed E-state index contributed by atoms with van der Waals surface area (Å²) in [7, 11) is -0.751. The van der Waals surface area contributed by atoms with E-state index in [9.17, 15) is 9.36 Å². The molecule has 0 aromatic rings. The zero-order chi connectivity index (χ0) is 7.98. The number of carbonyl (C=O) groups excluding carboxylic acids is 1. The Morgan fingerprint density at radius 1 is 1.80 bits per heavy atom. The minimum atomic E-state index is -1.75. The lowest BCUT2D eigenvalue weighted by Gasteiger charge is -2.03. The van der Waals surface area contributed by atoms with Gasteiger partial charge in [-0.15, -0.1) is 0 Å². The molecule has 0 heterocycles. The Morgan fingerprint density at radius 2 is 2.40 bits per heavy atom. The predicted molar refractivity (Wildman–Crippen MR) is 31.3 cm³/mol. The Balaban J connectivity index is 3.58. The average Bonchev–Trinajstić information content (AvgIpc) is 1.89. The van der Waals surface area contributed by atoms with Crippen molar-refractivity contribution in [3.63, 3.8) is 0 Å². The highest BCUT2D eigenvalue weighted by Crippen LogP contribution is 2.01. The molecule has 1 atom stereocenters. The minimum absolute atomic E-state index is 0.148. The molecule has 0 spiro atoms. The van der Waals surface area contributed by atoms with Gasteiger partial charge < -0.3 is 9.84 Å². The summed E-state index contributed by atoms with van der Waals surface area (Å²) in [6.45, 7) is 1.73. The van der Waals surface area contributed by atoms with E-state index in [0.29, 0.717) is 0 Å². The van der Waals surface area contributed by atoms with Gasteiger partial charge >= 0.3 is 14.7 Å². The highest BCUT2D eigenvalue weighted by Gasteiger charge is 2.16. The lowest BCUT2D eigenvalue weighted by Crippen LogP contribution is -2.22. The standard InChI is InChI=1S/C4H7O5P/c1-2-8-3(5)4(6)9-10-7/h4,6H,2H2,1H3. The van der Waals surface area contributed by atoms with Gasteiger partial charge in [-0.3, -0.25) is 4.52 Å². The summed E-state index contributed by atoms with van der Waals surface area (Å²) in [6, 6.07) is 0. The van der Waals surface area contributed by atoms with Gasteiger partial charge in [-0.2, -0.15) is 0 Å². The Hall–Kier alpha value is -0.510. The van der Waals surface area contributed by atoms with Crippen LogP contribution >= 0.6 is 8.69 Å². The first-order valence-electron chi connectivity index (χ1n) is 2.55. The molecular weight excluding hydrogens is 159 g/mol. The molecule has 0 aromatic carbocycles. The normalized spacial score (nSPS) is 13.0. The van der Waals surface area contributed by atoms with Gasteiger partial charge in [-0.1, -0.05) is 0 Å². The van der Waals surface area contributed by atoms with Gasteiger partial charge in [0.2, 0.25) is 0 Å². The second kappa shape index (κ2) is 5.29. The monoisotopic (exact) mass is 166 g/mol. The van der Waals surface area contributed by atoms with Crippen LogP contribution in [0.1, 0.15) is 6.92 Å². The lowest BCUT2D eigenvalue weighted by molar-refractivity contribution is -0.167. The second-order valence-electron chi connectivity index (χ2n) is 1.28. The number of esters is 1. The molecule has 0 saturated carbocycles. The van der Waals surface area contributed by atoms with Crippen LogP contribution in [0.15, 0.2) is 0 Å². The predicted octanol–water partition coefficient (Wildman–Crippen LogP) is 0.0912. The van der Waals surface area contributed by atoms with E-state index >= 15 is 0 Å². The van der Waals surface area contributed by atoms with Crippen molar-refractivity contribution < 1.29 is 23.7 Å². The first kappa shape index (κ1) is 9.49. The fourth-order valence-electron chi connectivity index (χ4n) is 0.297. The first-order valence-corrected chi connectivity index (χ1v) is 3.28. The van der Waals surface area contributed by atoms with E-state index in [1.54, 1.807) is 6.92 Å². The van der Waals surface area contributed by atoms with Gasteiger partial charge in [0, 0.05) is 0 Å². The molecule has 0 aliphatic heterocycles. The third-order valence-corrected chi connectivity index (χ3v) is 0.917. The van der Waals surface area contributed by atoms with E-state index in [2.05, 4.69) is 9.26 Å². The van der Waals surface area contributed by atoms with Crippen molar-refractivity contribution in [3.05, 3.63) is 0 Å². The fourth-order valence-corrected chi connectivity index (χ4v) is 0.465. The molecule has 0 saturated heterocycles.